The van der Waals surface area contributed by atoms with Gasteiger partial charge in [0, 0.05) is 23.2 Å². The Balaban J connectivity index is 1.90. The van der Waals surface area contributed by atoms with Crippen LogP contribution in [-0.4, -0.2) is 23.9 Å². The van der Waals surface area contributed by atoms with E-state index in [1.54, 1.807) is 0 Å². The molecule has 2 heterocycles. The first-order valence-corrected chi connectivity index (χ1v) is 9.59. The highest BCUT2D eigenvalue weighted by atomic mass is 35.5. The fraction of sp³-hybridized carbons (Fsp3) is 0.100. The standard InChI is InChI=1S/C20H9Cl2F5N2O4/c21-11-6-28-7-12(22)16(11)29-18(30)9-2-4-14(32-19(23)24)17-15(9)10-5-8(33-20(25,26)27)1-3-13(10)31-17/h1-7,19H,(H,28,29,30). The van der Waals surface area contributed by atoms with Crippen molar-refractivity contribution in [2.24, 2.45) is 0 Å². The highest BCUT2D eigenvalue weighted by Gasteiger charge is 2.31. The highest BCUT2D eigenvalue weighted by molar-refractivity contribution is 6.40. The van der Waals surface area contributed by atoms with Gasteiger partial charge in [-0.1, -0.05) is 23.2 Å². The molecule has 1 amide bonds. The predicted octanol–water partition coefficient (Wildman–Crippen LogP) is 7.04. The molecule has 0 aliphatic carbocycles. The van der Waals surface area contributed by atoms with Crippen LogP contribution in [0.5, 0.6) is 11.5 Å². The van der Waals surface area contributed by atoms with Crippen molar-refractivity contribution in [3.05, 3.63) is 58.3 Å². The van der Waals surface area contributed by atoms with Crippen molar-refractivity contribution < 1.29 is 40.6 Å². The van der Waals surface area contributed by atoms with Crippen LogP contribution in [0, 0.1) is 0 Å². The quantitative estimate of drug-likeness (QED) is 0.294. The molecule has 2 aromatic carbocycles. The van der Waals surface area contributed by atoms with Gasteiger partial charge in [-0.2, -0.15) is 8.78 Å². The van der Waals surface area contributed by atoms with Gasteiger partial charge in [0.15, 0.2) is 11.3 Å². The van der Waals surface area contributed by atoms with Crippen molar-refractivity contribution >= 4 is 56.7 Å². The molecule has 4 aromatic rings. The molecule has 4 rings (SSSR count). The molecule has 0 aliphatic heterocycles. The number of ether oxygens (including phenoxy) is 2. The van der Waals surface area contributed by atoms with Gasteiger partial charge in [0.1, 0.15) is 11.3 Å². The summed E-state index contributed by atoms with van der Waals surface area (Å²) in [4.78, 5) is 16.8. The van der Waals surface area contributed by atoms with Gasteiger partial charge in [0.25, 0.3) is 5.91 Å². The average Bonchev–Trinajstić information content (AvgIpc) is 3.09. The maximum Gasteiger partial charge on any atom is 0.573 e. The van der Waals surface area contributed by atoms with Crippen molar-refractivity contribution in [3.63, 3.8) is 0 Å². The van der Waals surface area contributed by atoms with Crippen LogP contribution in [0.2, 0.25) is 10.0 Å². The van der Waals surface area contributed by atoms with E-state index in [2.05, 4.69) is 19.8 Å². The molecule has 2 aromatic heterocycles. The van der Waals surface area contributed by atoms with Gasteiger partial charge in [0.2, 0.25) is 0 Å². The van der Waals surface area contributed by atoms with Crippen molar-refractivity contribution in [3.8, 4) is 11.5 Å². The first kappa shape index (κ1) is 22.9. The molecule has 0 saturated carbocycles. The van der Waals surface area contributed by atoms with Gasteiger partial charge in [-0.05, 0) is 30.3 Å². The number of hydrogen-bond acceptors (Lipinski definition) is 5. The van der Waals surface area contributed by atoms with Gasteiger partial charge in [-0.25, -0.2) is 0 Å². The highest BCUT2D eigenvalue weighted by Crippen LogP contribution is 2.40. The number of rotatable bonds is 5. The number of carbonyl (C=O) groups excluding carboxylic acids is 1. The van der Waals surface area contributed by atoms with E-state index in [0.29, 0.717) is 0 Å². The molecule has 0 atom stereocenters. The zero-order chi connectivity index (χ0) is 23.9. The molecular weight excluding hydrogens is 498 g/mol. The molecule has 0 bridgehead atoms. The van der Waals surface area contributed by atoms with Gasteiger partial charge in [0.05, 0.1) is 21.3 Å². The molecule has 13 heteroatoms. The summed E-state index contributed by atoms with van der Waals surface area (Å²) in [6, 6.07) is 5.28. The SMILES string of the molecule is O=C(Nc1c(Cl)cncc1Cl)c1ccc(OC(F)F)c2oc3ccc(OC(F)(F)F)cc3c12. The topological polar surface area (TPSA) is 73.6 Å². The number of alkyl halides is 5. The van der Waals surface area contributed by atoms with Crippen LogP contribution < -0.4 is 14.8 Å². The monoisotopic (exact) mass is 506 g/mol. The first-order chi connectivity index (χ1) is 15.5. The van der Waals surface area contributed by atoms with Crippen LogP contribution in [0.3, 0.4) is 0 Å². The van der Waals surface area contributed by atoms with Gasteiger partial charge in [-0.15, -0.1) is 13.2 Å². The fourth-order valence-corrected chi connectivity index (χ4v) is 3.58. The number of fused-ring (bicyclic) bond motifs is 3. The lowest BCUT2D eigenvalue weighted by atomic mass is 10.0. The molecule has 0 aliphatic rings. The summed E-state index contributed by atoms with van der Waals surface area (Å²) >= 11 is 12.0. The number of amides is 1. The summed E-state index contributed by atoms with van der Waals surface area (Å²) in [5.41, 5.74) is -0.403. The van der Waals surface area contributed by atoms with Gasteiger partial charge in [-0.3, -0.25) is 9.78 Å². The molecule has 6 nitrogen and oxygen atoms in total. The van der Waals surface area contributed by atoms with E-state index in [1.807, 2.05) is 0 Å². The van der Waals surface area contributed by atoms with E-state index in [9.17, 15) is 26.7 Å². The normalized spacial score (nSPS) is 11.9. The van der Waals surface area contributed by atoms with Crippen molar-refractivity contribution in [2.45, 2.75) is 13.0 Å². The minimum absolute atomic E-state index is 0.00105. The molecule has 1 N–H and O–H groups in total. The number of nitrogens with zero attached hydrogens (tertiary/aromatic N) is 1. The Labute approximate surface area is 190 Å². The van der Waals surface area contributed by atoms with E-state index >= 15 is 0 Å². The molecule has 0 radical (unpaired) electrons. The number of benzene rings is 2. The summed E-state index contributed by atoms with van der Waals surface area (Å²) in [7, 11) is 0. The van der Waals surface area contributed by atoms with E-state index in [-0.39, 0.29) is 43.2 Å². The molecule has 172 valence electrons. The van der Waals surface area contributed by atoms with Crippen LogP contribution in [0.1, 0.15) is 10.4 Å². The second-order valence-electron chi connectivity index (χ2n) is 6.43. The molecule has 0 unspecified atom stereocenters. The smallest absolute Gasteiger partial charge is 0.452 e. The molecule has 33 heavy (non-hydrogen) atoms. The largest absolute Gasteiger partial charge is 0.573 e. The number of aromatic nitrogens is 1. The van der Waals surface area contributed by atoms with Crippen molar-refractivity contribution in [1.29, 1.82) is 0 Å². The average molecular weight is 507 g/mol. The lowest BCUT2D eigenvalue weighted by molar-refractivity contribution is -0.274. The Morgan fingerprint density at radius 2 is 1.79 bits per heavy atom. The Kier molecular flexibility index (Phi) is 5.93. The summed E-state index contributed by atoms with van der Waals surface area (Å²) in [6.07, 6.45) is -2.52. The maximum atomic E-state index is 13.0. The first-order valence-electron chi connectivity index (χ1n) is 8.83. The molecule has 0 spiro atoms. The Hall–Kier alpha value is -3.31. The number of pyridine rings is 1. The number of furan rings is 1. The third kappa shape index (κ3) is 4.74. The number of nitrogens with one attached hydrogen (secondary N) is 1. The number of hydrogen-bond donors (Lipinski definition) is 1. The second-order valence-corrected chi connectivity index (χ2v) is 7.25. The lowest BCUT2D eigenvalue weighted by Gasteiger charge is -2.11. The van der Waals surface area contributed by atoms with E-state index < -0.39 is 30.4 Å². The third-order valence-electron chi connectivity index (χ3n) is 4.34. The van der Waals surface area contributed by atoms with Crippen molar-refractivity contribution in [1.82, 2.24) is 4.98 Å². The molecule has 0 saturated heterocycles. The van der Waals surface area contributed by atoms with Crippen LogP contribution in [0.15, 0.2) is 47.1 Å². The van der Waals surface area contributed by atoms with E-state index in [1.165, 1.54) is 12.4 Å². The lowest BCUT2D eigenvalue weighted by Crippen LogP contribution is -2.17. The van der Waals surface area contributed by atoms with Crippen LogP contribution >= 0.6 is 23.2 Å². The molecular formula is C20H9Cl2F5N2O4. The minimum atomic E-state index is -4.98. The summed E-state index contributed by atoms with van der Waals surface area (Å²) in [5, 5.41) is 2.40. The van der Waals surface area contributed by atoms with Gasteiger partial charge < -0.3 is 19.2 Å². The third-order valence-corrected chi connectivity index (χ3v) is 4.91. The summed E-state index contributed by atoms with van der Waals surface area (Å²) in [5.74, 6) is -1.83. The number of carbonyl (C=O) groups is 1. The summed E-state index contributed by atoms with van der Waals surface area (Å²) in [6.45, 7) is -3.22. The minimum Gasteiger partial charge on any atom is -0.452 e. The van der Waals surface area contributed by atoms with Crippen LogP contribution in [0.25, 0.3) is 21.9 Å². The fourth-order valence-electron chi connectivity index (χ4n) is 3.12. The Morgan fingerprint density at radius 3 is 2.42 bits per heavy atom. The predicted molar refractivity (Wildman–Crippen MR) is 109 cm³/mol. The number of anilines is 1. The zero-order valence-corrected chi connectivity index (χ0v) is 17.4. The zero-order valence-electron chi connectivity index (χ0n) is 15.8. The van der Waals surface area contributed by atoms with E-state index in [4.69, 9.17) is 27.6 Å². The maximum absolute atomic E-state index is 13.0. The van der Waals surface area contributed by atoms with E-state index in [0.717, 1.165) is 30.3 Å². The van der Waals surface area contributed by atoms with Crippen LogP contribution in [0.4, 0.5) is 27.6 Å². The molecule has 0 fully saturated rings. The Bertz CT molecular complexity index is 1350. The van der Waals surface area contributed by atoms with Crippen molar-refractivity contribution in [2.75, 3.05) is 5.32 Å². The number of halogens is 7. The Morgan fingerprint density at radius 1 is 1.09 bits per heavy atom. The van der Waals surface area contributed by atoms with Gasteiger partial charge >= 0.3 is 13.0 Å². The van der Waals surface area contributed by atoms with Crippen LogP contribution in [-0.2, 0) is 0 Å². The summed E-state index contributed by atoms with van der Waals surface area (Å²) < 4.78 is 77.6. The second kappa shape index (κ2) is 8.56.